The van der Waals surface area contributed by atoms with Crippen molar-refractivity contribution >= 4 is 33.3 Å². The quantitative estimate of drug-likeness (QED) is 0.412. The molecule has 4 aromatic rings. The Morgan fingerprint density at radius 3 is 2.69 bits per heavy atom. The fourth-order valence-electron chi connectivity index (χ4n) is 4.21. The van der Waals surface area contributed by atoms with Crippen molar-refractivity contribution in [3.05, 3.63) is 47.1 Å². The summed E-state index contributed by atoms with van der Waals surface area (Å²) in [6, 6.07) is 3.63. The number of carbonyl (C=O) groups is 1. The first-order chi connectivity index (χ1) is 15.2. The van der Waals surface area contributed by atoms with Gasteiger partial charge in [0.15, 0.2) is 11.5 Å². The molecular weight excluding hydrogens is 429 g/mol. The van der Waals surface area contributed by atoms with Crippen LogP contribution in [0.25, 0.3) is 21.6 Å². The van der Waals surface area contributed by atoms with Crippen LogP contribution in [0.2, 0.25) is 0 Å². The van der Waals surface area contributed by atoms with Gasteiger partial charge in [-0.05, 0) is 52.5 Å². The van der Waals surface area contributed by atoms with E-state index in [2.05, 4.69) is 16.1 Å². The molecule has 1 amide bonds. The molecule has 168 valence electrons. The van der Waals surface area contributed by atoms with E-state index in [9.17, 15) is 9.18 Å². The number of imidazole rings is 1. The first kappa shape index (κ1) is 20.9. The number of pyridine rings is 1. The zero-order valence-electron chi connectivity index (χ0n) is 18.6. The number of hydrogen-bond donors (Lipinski definition) is 0. The first-order valence-corrected chi connectivity index (χ1v) is 11.6. The lowest BCUT2D eigenvalue weighted by molar-refractivity contribution is 0.0205. The van der Waals surface area contributed by atoms with Gasteiger partial charge in [0.05, 0.1) is 27.8 Å². The molecule has 0 saturated carbocycles. The Morgan fingerprint density at radius 1 is 1.22 bits per heavy atom. The minimum absolute atomic E-state index is 0.241. The normalized spacial score (nSPS) is 15.7. The number of rotatable bonds is 2. The summed E-state index contributed by atoms with van der Waals surface area (Å²) in [4.78, 5) is 19.6. The van der Waals surface area contributed by atoms with Crippen LogP contribution in [0, 0.1) is 12.7 Å². The van der Waals surface area contributed by atoms with E-state index in [4.69, 9.17) is 4.74 Å². The summed E-state index contributed by atoms with van der Waals surface area (Å²) < 4.78 is 24.6. The number of aryl methyl sites for hydroxylation is 1. The van der Waals surface area contributed by atoms with Crippen LogP contribution in [-0.4, -0.2) is 48.8 Å². The predicted molar refractivity (Wildman–Crippen MR) is 122 cm³/mol. The fraction of sp³-hybridized carbons (Fsp3) is 0.435. The zero-order valence-corrected chi connectivity index (χ0v) is 19.4. The van der Waals surface area contributed by atoms with Crippen LogP contribution in [0.1, 0.15) is 50.1 Å². The number of fused-ring (bicyclic) bond motifs is 2. The van der Waals surface area contributed by atoms with Gasteiger partial charge in [-0.3, -0.25) is 0 Å². The highest BCUT2D eigenvalue weighted by molar-refractivity contribution is 7.19. The molecule has 0 bridgehead atoms. The molecule has 1 aliphatic rings. The average molecular weight is 456 g/mol. The minimum Gasteiger partial charge on any atom is -0.444 e. The minimum atomic E-state index is -0.483. The van der Waals surface area contributed by atoms with E-state index in [-0.39, 0.29) is 11.9 Å². The van der Waals surface area contributed by atoms with Crippen molar-refractivity contribution in [3.8, 4) is 5.69 Å². The van der Waals surface area contributed by atoms with Crippen molar-refractivity contribution < 1.29 is 13.9 Å². The Morgan fingerprint density at radius 2 is 1.97 bits per heavy atom. The van der Waals surface area contributed by atoms with Crippen molar-refractivity contribution in [3.63, 3.8) is 0 Å². The Labute approximate surface area is 189 Å². The second-order valence-corrected chi connectivity index (χ2v) is 10.5. The number of halogens is 1. The van der Waals surface area contributed by atoms with E-state index in [1.165, 1.54) is 10.9 Å². The number of aromatic nitrogens is 4. The average Bonchev–Trinajstić information content (AvgIpc) is 3.40. The highest BCUT2D eigenvalue weighted by Gasteiger charge is 2.28. The maximum Gasteiger partial charge on any atom is 0.410 e. The maximum absolute atomic E-state index is 14.6. The maximum atomic E-state index is 14.6. The van der Waals surface area contributed by atoms with Crippen molar-refractivity contribution in [1.82, 2.24) is 24.1 Å². The van der Waals surface area contributed by atoms with Gasteiger partial charge in [-0.15, -0.1) is 11.3 Å². The van der Waals surface area contributed by atoms with Crippen LogP contribution in [0.5, 0.6) is 0 Å². The van der Waals surface area contributed by atoms with Gasteiger partial charge < -0.3 is 14.0 Å². The van der Waals surface area contributed by atoms with Gasteiger partial charge in [-0.25, -0.2) is 18.9 Å². The monoisotopic (exact) mass is 455 g/mol. The SMILES string of the molecule is Cc1cn2cc(-n3ncc4sc(C5CCN(C(=O)OC(C)(C)C)CC5)cc43)cc(F)c2n1. The van der Waals surface area contributed by atoms with Crippen LogP contribution < -0.4 is 0 Å². The van der Waals surface area contributed by atoms with Crippen molar-refractivity contribution in [2.75, 3.05) is 13.1 Å². The molecule has 5 heterocycles. The van der Waals surface area contributed by atoms with Crippen LogP contribution in [0.3, 0.4) is 0 Å². The third-order valence-corrected chi connectivity index (χ3v) is 6.91. The number of ether oxygens (including phenoxy) is 1. The molecule has 4 aromatic heterocycles. The van der Waals surface area contributed by atoms with Gasteiger partial charge >= 0.3 is 6.09 Å². The molecule has 9 heteroatoms. The highest BCUT2D eigenvalue weighted by Crippen LogP contribution is 2.37. The lowest BCUT2D eigenvalue weighted by Crippen LogP contribution is -2.41. The van der Waals surface area contributed by atoms with Crippen LogP contribution in [0.4, 0.5) is 9.18 Å². The van der Waals surface area contributed by atoms with E-state index in [0.29, 0.717) is 30.3 Å². The first-order valence-electron chi connectivity index (χ1n) is 10.8. The summed E-state index contributed by atoms with van der Waals surface area (Å²) >= 11 is 1.72. The topological polar surface area (TPSA) is 64.7 Å². The highest BCUT2D eigenvalue weighted by atomic mass is 32.1. The van der Waals surface area contributed by atoms with Gasteiger partial charge in [-0.1, -0.05) is 0 Å². The molecule has 0 atom stereocenters. The summed E-state index contributed by atoms with van der Waals surface area (Å²) in [5.41, 5.74) is 2.23. The summed E-state index contributed by atoms with van der Waals surface area (Å²) in [5.74, 6) is 0.0132. The standard InChI is InChI=1S/C23H26FN5O2S/c1-14-12-28-13-16(9-17(24)21(28)26-14)29-18-10-19(32-20(18)11-25-29)15-5-7-27(8-6-15)22(30)31-23(2,3)4/h9-13,15H,5-8H2,1-4H3. The Balaban J connectivity index is 1.37. The molecule has 7 nitrogen and oxygen atoms in total. The molecule has 0 aliphatic carbocycles. The summed E-state index contributed by atoms with van der Waals surface area (Å²) in [6.45, 7) is 8.86. The molecule has 5 rings (SSSR count). The lowest BCUT2D eigenvalue weighted by Gasteiger charge is -2.33. The van der Waals surface area contributed by atoms with Crippen molar-refractivity contribution in [2.24, 2.45) is 0 Å². The Bertz CT molecular complexity index is 1310. The Hall–Kier alpha value is -2.94. The largest absolute Gasteiger partial charge is 0.444 e. The van der Waals surface area contributed by atoms with Crippen LogP contribution in [-0.2, 0) is 4.74 Å². The van der Waals surface area contributed by atoms with Gasteiger partial charge in [0.1, 0.15) is 5.60 Å². The number of thiophene rings is 1. The predicted octanol–water partition coefficient (Wildman–Crippen LogP) is 5.30. The summed E-state index contributed by atoms with van der Waals surface area (Å²) in [5, 5.41) is 4.49. The zero-order chi connectivity index (χ0) is 22.6. The molecular formula is C23H26FN5O2S. The van der Waals surface area contributed by atoms with E-state index in [1.807, 2.05) is 40.1 Å². The molecule has 1 saturated heterocycles. The third-order valence-electron chi connectivity index (χ3n) is 5.68. The van der Waals surface area contributed by atoms with Gasteiger partial charge in [-0.2, -0.15) is 5.10 Å². The summed E-state index contributed by atoms with van der Waals surface area (Å²) in [7, 11) is 0. The van der Waals surface area contributed by atoms with E-state index < -0.39 is 5.60 Å². The second-order valence-electron chi connectivity index (χ2n) is 9.36. The molecule has 0 aromatic carbocycles. The van der Waals surface area contributed by atoms with Crippen LogP contribution in [0.15, 0.2) is 30.7 Å². The third kappa shape index (κ3) is 3.85. The molecule has 1 aliphatic heterocycles. The molecule has 0 unspecified atom stereocenters. The molecule has 0 radical (unpaired) electrons. The summed E-state index contributed by atoms with van der Waals surface area (Å²) in [6.07, 6.45) is 7.03. The lowest BCUT2D eigenvalue weighted by atomic mass is 9.95. The van der Waals surface area contributed by atoms with Crippen molar-refractivity contribution in [2.45, 2.75) is 52.1 Å². The second kappa shape index (κ2) is 7.58. The van der Waals surface area contributed by atoms with Gasteiger partial charge in [0.25, 0.3) is 0 Å². The van der Waals surface area contributed by atoms with E-state index in [1.54, 1.807) is 31.5 Å². The number of piperidine rings is 1. The van der Waals surface area contributed by atoms with E-state index in [0.717, 1.165) is 28.8 Å². The van der Waals surface area contributed by atoms with Gasteiger partial charge in [0, 0.05) is 36.4 Å². The molecule has 32 heavy (non-hydrogen) atoms. The number of amides is 1. The molecule has 0 spiro atoms. The Kier molecular flexibility index (Phi) is 4.96. The number of hydrogen-bond acceptors (Lipinski definition) is 5. The van der Waals surface area contributed by atoms with Crippen molar-refractivity contribution in [1.29, 1.82) is 0 Å². The number of likely N-dealkylation sites (tertiary alicyclic amines) is 1. The molecule has 1 fully saturated rings. The fourth-order valence-corrected chi connectivity index (χ4v) is 5.38. The smallest absolute Gasteiger partial charge is 0.410 e. The van der Waals surface area contributed by atoms with Crippen LogP contribution >= 0.6 is 11.3 Å². The number of nitrogens with zero attached hydrogens (tertiary/aromatic N) is 5. The van der Waals surface area contributed by atoms with Gasteiger partial charge in [0.2, 0.25) is 0 Å². The number of carbonyl (C=O) groups excluding carboxylic acids is 1. The molecule has 0 N–H and O–H groups in total. The van der Waals surface area contributed by atoms with E-state index >= 15 is 0 Å².